The van der Waals surface area contributed by atoms with Crippen molar-refractivity contribution in [3.8, 4) is 0 Å². The molecule has 96 valence electrons. The molecule has 0 bridgehead atoms. The van der Waals surface area contributed by atoms with E-state index < -0.39 is 0 Å². The number of ether oxygens (including phenoxy) is 2. The fourth-order valence-corrected chi connectivity index (χ4v) is 1.79. The molecule has 4 heteroatoms. The van der Waals surface area contributed by atoms with E-state index >= 15 is 0 Å². The predicted octanol–water partition coefficient (Wildman–Crippen LogP) is 2.59. The number of hydrogen-bond acceptors (Lipinski definition) is 3. The Morgan fingerprint density at radius 1 is 1.35 bits per heavy atom. The maximum Gasteiger partial charge on any atom is 0.0732 e. The number of halogens is 1. The molecule has 0 aliphatic heterocycles. The van der Waals surface area contributed by atoms with Gasteiger partial charge in [-0.15, -0.1) is 0 Å². The zero-order valence-corrected chi connectivity index (χ0v) is 12.0. The van der Waals surface area contributed by atoms with Crippen LogP contribution in [0, 0.1) is 0 Å². The van der Waals surface area contributed by atoms with Crippen LogP contribution in [0.3, 0.4) is 0 Å². The molecule has 1 aromatic rings. The van der Waals surface area contributed by atoms with Crippen LogP contribution in [0.5, 0.6) is 0 Å². The molecule has 17 heavy (non-hydrogen) atoms. The lowest BCUT2D eigenvalue weighted by Crippen LogP contribution is -2.29. The largest absolute Gasteiger partial charge is 0.383 e. The van der Waals surface area contributed by atoms with Crippen molar-refractivity contribution in [2.24, 2.45) is 0 Å². The minimum Gasteiger partial charge on any atom is -0.383 e. The van der Waals surface area contributed by atoms with Crippen molar-refractivity contribution in [1.82, 2.24) is 5.32 Å². The van der Waals surface area contributed by atoms with Gasteiger partial charge in [0, 0.05) is 24.7 Å². The van der Waals surface area contributed by atoms with Crippen LogP contribution in [0.15, 0.2) is 28.7 Å². The normalized spacial score (nSPS) is 12.6. The molecule has 0 aromatic heterocycles. The number of rotatable bonds is 8. The van der Waals surface area contributed by atoms with E-state index in [9.17, 15) is 0 Å². The van der Waals surface area contributed by atoms with Gasteiger partial charge in [-0.25, -0.2) is 0 Å². The van der Waals surface area contributed by atoms with E-state index in [1.807, 2.05) is 18.2 Å². The van der Waals surface area contributed by atoms with Gasteiger partial charge in [0.25, 0.3) is 0 Å². The molecule has 1 N–H and O–H groups in total. The SMILES string of the molecule is COCCNCC(C)OCc1ccccc1Br. The van der Waals surface area contributed by atoms with E-state index in [1.165, 1.54) is 5.56 Å². The summed E-state index contributed by atoms with van der Waals surface area (Å²) >= 11 is 3.51. The number of benzene rings is 1. The highest BCUT2D eigenvalue weighted by atomic mass is 79.9. The predicted molar refractivity (Wildman–Crippen MR) is 73.1 cm³/mol. The van der Waals surface area contributed by atoms with Crippen LogP contribution >= 0.6 is 15.9 Å². The first-order chi connectivity index (χ1) is 8.24. The Morgan fingerprint density at radius 2 is 2.12 bits per heavy atom. The van der Waals surface area contributed by atoms with Crippen LogP contribution in [0.25, 0.3) is 0 Å². The van der Waals surface area contributed by atoms with Gasteiger partial charge in [0.1, 0.15) is 0 Å². The van der Waals surface area contributed by atoms with E-state index in [0.717, 1.165) is 24.2 Å². The molecule has 1 aromatic carbocycles. The summed E-state index contributed by atoms with van der Waals surface area (Å²) in [4.78, 5) is 0. The van der Waals surface area contributed by atoms with E-state index in [4.69, 9.17) is 9.47 Å². The summed E-state index contributed by atoms with van der Waals surface area (Å²) in [6.07, 6.45) is 0.193. The monoisotopic (exact) mass is 301 g/mol. The Morgan fingerprint density at radius 3 is 2.82 bits per heavy atom. The molecule has 0 fully saturated rings. The molecule has 1 unspecified atom stereocenters. The zero-order chi connectivity index (χ0) is 12.5. The maximum absolute atomic E-state index is 5.76. The molecule has 0 aliphatic rings. The second kappa shape index (κ2) is 8.64. The third kappa shape index (κ3) is 6.17. The molecule has 0 saturated heterocycles. The highest BCUT2D eigenvalue weighted by molar-refractivity contribution is 9.10. The number of hydrogen-bond donors (Lipinski definition) is 1. The van der Waals surface area contributed by atoms with Crippen LogP contribution < -0.4 is 5.32 Å². The highest BCUT2D eigenvalue weighted by Gasteiger charge is 2.04. The van der Waals surface area contributed by atoms with Crippen molar-refractivity contribution in [2.75, 3.05) is 26.8 Å². The van der Waals surface area contributed by atoms with Gasteiger partial charge in [0.2, 0.25) is 0 Å². The van der Waals surface area contributed by atoms with Gasteiger partial charge < -0.3 is 14.8 Å². The van der Waals surface area contributed by atoms with E-state index in [0.29, 0.717) is 6.61 Å². The Hall–Kier alpha value is -0.420. The van der Waals surface area contributed by atoms with Crippen LogP contribution in [-0.2, 0) is 16.1 Å². The second-order valence-corrected chi connectivity index (χ2v) is 4.76. The maximum atomic E-state index is 5.76. The molecule has 1 atom stereocenters. The Labute approximate surface area is 112 Å². The molecule has 3 nitrogen and oxygen atoms in total. The summed E-state index contributed by atoms with van der Waals surface area (Å²) in [5.41, 5.74) is 1.18. The van der Waals surface area contributed by atoms with Gasteiger partial charge >= 0.3 is 0 Å². The summed E-state index contributed by atoms with van der Waals surface area (Å²) in [5.74, 6) is 0. The lowest BCUT2D eigenvalue weighted by Gasteiger charge is -2.14. The van der Waals surface area contributed by atoms with E-state index in [1.54, 1.807) is 7.11 Å². The first kappa shape index (κ1) is 14.6. The third-order valence-electron chi connectivity index (χ3n) is 2.40. The van der Waals surface area contributed by atoms with Gasteiger partial charge in [0.15, 0.2) is 0 Å². The first-order valence-corrected chi connectivity index (χ1v) is 6.58. The fraction of sp³-hybridized carbons (Fsp3) is 0.538. The van der Waals surface area contributed by atoms with Crippen molar-refractivity contribution in [3.05, 3.63) is 34.3 Å². The van der Waals surface area contributed by atoms with Crippen molar-refractivity contribution >= 4 is 15.9 Å². The van der Waals surface area contributed by atoms with E-state index in [2.05, 4.69) is 34.2 Å². The Kier molecular flexibility index (Phi) is 7.44. The molecule has 0 spiro atoms. The molecular formula is C13H20BrNO2. The summed E-state index contributed by atoms with van der Waals surface area (Å²) in [7, 11) is 1.70. The van der Waals surface area contributed by atoms with Crippen molar-refractivity contribution in [1.29, 1.82) is 0 Å². The minimum atomic E-state index is 0.193. The highest BCUT2D eigenvalue weighted by Crippen LogP contribution is 2.17. The zero-order valence-electron chi connectivity index (χ0n) is 10.4. The molecule has 0 aliphatic carbocycles. The van der Waals surface area contributed by atoms with E-state index in [-0.39, 0.29) is 6.10 Å². The van der Waals surface area contributed by atoms with Crippen LogP contribution in [0.4, 0.5) is 0 Å². The summed E-state index contributed by atoms with van der Waals surface area (Å²) in [6.45, 7) is 5.13. The molecule has 1 rings (SSSR count). The van der Waals surface area contributed by atoms with Gasteiger partial charge in [-0.1, -0.05) is 34.1 Å². The molecule has 0 saturated carbocycles. The Balaban J connectivity index is 2.19. The van der Waals surface area contributed by atoms with Crippen molar-refractivity contribution in [3.63, 3.8) is 0 Å². The lowest BCUT2D eigenvalue weighted by molar-refractivity contribution is 0.0517. The summed E-state index contributed by atoms with van der Waals surface area (Å²) in [6, 6.07) is 8.11. The lowest BCUT2D eigenvalue weighted by atomic mass is 10.2. The summed E-state index contributed by atoms with van der Waals surface area (Å²) < 4.78 is 11.8. The Bertz CT molecular complexity index is 320. The van der Waals surface area contributed by atoms with Gasteiger partial charge in [0.05, 0.1) is 19.3 Å². The fourth-order valence-electron chi connectivity index (χ4n) is 1.39. The van der Waals surface area contributed by atoms with Crippen molar-refractivity contribution < 1.29 is 9.47 Å². The van der Waals surface area contributed by atoms with Crippen LogP contribution in [0.2, 0.25) is 0 Å². The number of methoxy groups -OCH3 is 1. The van der Waals surface area contributed by atoms with Crippen LogP contribution in [-0.4, -0.2) is 32.9 Å². The van der Waals surface area contributed by atoms with Gasteiger partial charge in [-0.05, 0) is 18.6 Å². The molecular weight excluding hydrogens is 282 g/mol. The topological polar surface area (TPSA) is 30.5 Å². The third-order valence-corrected chi connectivity index (χ3v) is 3.17. The molecule has 0 heterocycles. The van der Waals surface area contributed by atoms with Gasteiger partial charge in [-0.2, -0.15) is 0 Å². The van der Waals surface area contributed by atoms with Gasteiger partial charge in [-0.3, -0.25) is 0 Å². The standard InChI is InChI=1S/C13H20BrNO2/c1-11(9-15-7-8-16-2)17-10-12-5-3-4-6-13(12)14/h3-6,11,15H,7-10H2,1-2H3. The minimum absolute atomic E-state index is 0.193. The molecule has 0 radical (unpaired) electrons. The second-order valence-electron chi connectivity index (χ2n) is 3.91. The average Bonchev–Trinajstić information content (AvgIpc) is 2.34. The average molecular weight is 302 g/mol. The number of nitrogens with one attached hydrogen (secondary N) is 1. The first-order valence-electron chi connectivity index (χ1n) is 5.78. The van der Waals surface area contributed by atoms with Crippen molar-refractivity contribution in [2.45, 2.75) is 19.6 Å². The van der Waals surface area contributed by atoms with Crippen LogP contribution in [0.1, 0.15) is 12.5 Å². The molecule has 0 amide bonds. The smallest absolute Gasteiger partial charge is 0.0732 e. The summed E-state index contributed by atoms with van der Waals surface area (Å²) in [5, 5.41) is 3.28. The quantitative estimate of drug-likeness (QED) is 0.749.